The van der Waals surface area contributed by atoms with E-state index in [2.05, 4.69) is 12.2 Å². The molecule has 1 amide bonds. The molecule has 0 radical (unpaired) electrons. The summed E-state index contributed by atoms with van der Waals surface area (Å²) < 4.78 is 27.4. The molecule has 0 spiro atoms. The molecule has 4 aromatic carbocycles. The summed E-state index contributed by atoms with van der Waals surface area (Å²) in [6, 6.07) is 22.7. The zero-order chi connectivity index (χ0) is 34.2. The number of nitrogens with zero attached hydrogens (tertiary/aromatic N) is 2. The van der Waals surface area contributed by atoms with Gasteiger partial charge in [0.25, 0.3) is 0 Å². The Balaban J connectivity index is 1.44. The van der Waals surface area contributed by atoms with Crippen molar-refractivity contribution >= 4 is 35.1 Å². The number of aromatic carboxylic acids is 1. The largest absolute Gasteiger partial charge is 0.494 e. The van der Waals surface area contributed by atoms with Crippen LogP contribution in [-0.4, -0.2) is 33.6 Å². The van der Waals surface area contributed by atoms with Crippen LogP contribution < -0.4 is 14.8 Å². The molecule has 11 heteroatoms. The molecule has 0 fully saturated rings. The molecule has 0 saturated heterocycles. The van der Waals surface area contributed by atoms with Gasteiger partial charge in [-0.25, -0.2) is 14.2 Å². The van der Waals surface area contributed by atoms with Crippen LogP contribution in [-0.2, 0) is 24.2 Å². The van der Waals surface area contributed by atoms with Gasteiger partial charge in [0.15, 0.2) is 11.6 Å². The molecule has 2 N–H and O–H groups in total. The van der Waals surface area contributed by atoms with Gasteiger partial charge in [-0.2, -0.15) is 0 Å². The predicted octanol–water partition coefficient (Wildman–Crippen LogP) is 8.94. The third-order valence-corrected chi connectivity index (χ3v) is 8.24. The minimum atomic E-state index is -1.01. The fraction of sp³-hybridized carbons (Fsp3) is 0.216. The number of hydrogen-bond donors (Lipinski definition) is 2. The molecule has 5 rings (SSSR count). The van der Waals surface area contributed by atoms with E-state index in [1.807, 2.05) is 41.1 Å². The van der Waals surface area contributed by atoms with Gasteiger partial charge >= 0.3 is 5.97 Å². The number of ether oxygens (including phenoxy) is 2. The van der Waals surface area contributed by atoms with Crippen LogP contribution in [0.2, 0.25) is 10.0 Å². The predicted molar refractivity (Wildman–Crippen MR) is 184 cm³/mol. The summed E-state index contributed by atoms with van der Waals surface area (Å²) in [6.45, 7) is 2.78. The maximum atomic E-state index is 14.4. The number of nitrogens with one attached hydrogen (secondary N) is 1. The standard InChI is InChI=1S/C37H34Cl2FN3O5/c1-3-4-17-43-22-33(29-15-10-26(38)21-30(29)39)42-36(43)32(41-35(44)20-24-7-16-34(47-2)31(40)18-24)19-23-5-11-27(12-6-23)48-28-13-8-25(9-14-28)37(45)46/h5-16,18,21-22,32H,3-4,17,19-20H2,1-2H3,(H,41,44)(H,45,46)/t32-/m0/s1. The van der Waals surface area contributed by atoms with Gasteiger partial charge in [0.1, 0.15) is 17.3 Å². The van der Waals surface area contributed by atoms with Crippen LogP contribution >= 0.6 is 23.2 Å². The average molecular weight is 691 g/mol. The molecule has 0 saturated carbocycles. The first-order valence-corrected chi connectivity index (χ1v) is 16.1. The number of amides is 1. The lowest BCUT2D eigenvalue weighted by Gasteiger charge is -2.20. The number of aryl methyl sites for hydroxylation is 1. The average Bonchev–Trinajstić information content (AvgIpc) is 3.48. The maximum absolute atomic E-state index is 14.4. The second-order valence-electron chi connectivity index (χ2n) is 11.2. The molecule has 1 heterocycles. The van der Waals surface area contributed by atoms with Gasteiger partial charge in [0, 0.05) is 23.3 Å². The van der Waals surface area contributed by atoms with E-state index < -0.39 is 17.8 Å². The Labute approximate surface area is 288 Å². The van der Waals surface area contributed by atoms with E-state index in [4.69, 9.17) is 42.8 Å². The molecular weight excluding hydrogens is 656 g/mol. The number of rotatable bonds is 14. The van der Waals surface area contributed by atoms with Crippen molar-refractivity contribution in [3.8, 4) is 28.5 Å². The summed E-state index contributed by atoms with van der Waals surface area (Å²) in [7, 11) is 1.39. The van der Waals surface area contributed by atoms with Gasteiger partial charge in [-0.15, -0.1) is 0 Å². The second kappa shape index (κ2) is 15.8. The summed E-state index contributed by atoms with van der Waals surface area (Å²) in [6.07, 6.45) is 4.13. The maximum Gasteiger partial charge on any atom is 0.335 e. The summed E-state index contributed by atoms with van der Waals surface area (Å²) in [4.78, 5) is 29.6. The lowest BCUT2D eigenvalue weighted by Crippen LogP contribution is -2.33. The van der Waals surface area contributed by atoms with Gasteiger partial charge in [-0.3, -0.25) is 4.79 Å². The highest BCUT2D eigenvalue weighted by Crippen LogP contribution is 2.32. The van der Waals surface area contributed by atoms with Crippen molar-refractivity contribution in [3.05, 3.63) is 130 Å². The van der Waals surface area contributed by atoms with E-state index in [1.54, 1.807) is 30.3 Å². The van der Waals surface area contributed by atoms with Crippen LogP contribution in [0.4, 0.5) is 4.39 Å². The number of benzene rings is 4. The molecule has 248 valence electrons. The fourth-order valence-corrected chi connectivity index (χ4v) is 5.74. The molecule has 48 heavy (non-hydrogen) atoms. The van der Waals surface area contributed by atoms with E-state index in [1.165, 1.54) is 31.4 Å². The number of unbranched alkanes of at least 4 members (excludes halogenated alkanes) is 1. The van der Waals surface area contributed by atoms with Crippen molar-refractivity contribution in [1.29, 1.82) is 0 Å². The van der Waals surface area contributed by atoms with E-state index >= 15 is 0 Å². The van der Waals surface area contributed by atoms with Crippen molar-refractivity contribution in [2.75, 3.05) is 7.11 Å². The van der Waals surface area contributed by atoms with Crippen molar-refractivity contribution in [2.45, 2.75) is 45.2 Å². The van der Waals surface area contributed by atoms with Gasteiger partial charge in [-0.05, 0) is 90.7 Å². The van der Waals surface area contributed by atoms with E-state index in [0.717, 1.165) is 18.4 Å². The molecule has 0 bridgehead atoms. The normalized spacial score (nSPS) is 11.6. The first-order chi connectivity index (χ1) is 23.1. The van der Waals surface area contributed by atoms with E-state index in [9.17, 15) is 14.0 Å². The highest BCUT2D eigenvalue weighted by atomic mass is 35.5. The molecule has 1 atom stereocenters. The fourth-order valence-electron chi connectivity index (χ4n) is 5.23. The van der Waals surface area contributed by atoms with Crippen LogP contribution in [0.25, 0.3) is 11.3 Å². The quantitative estimate of drug-likeness (QED) is 0.121. The first kappa shape index (κ1) is 34.5. The molecule has 0 unspecified atom stereocenters. The number of carbonyl (C=O) groups is 2. The molecule has 1 aromatic heterocycles. The second-order valence-corrected chi connectivity index (χ2v) is 12.0. The Bertz CT molecular complexity index is 1890. The van der Waals surface area contributed by atoms with Gasteiger partial charge in [-0.1, -0.05) is 54.7 Å². The number of carboxylic acid groups (broad SMARTS) is 1. The molecular formula is C37H34Cl2FN3O5. The van der Waals surface area contributed by atoms with Crippen molar-refractivity contribution in [3.63, 3.8) is 0 Å². The Kier molecular flexibility index (Phi) is 11.4. The number of methoxy groups -OCH3 is 1. The minimum absolute atomic E-state index is 0.0452. The monoisotopic (exact) mass is 689 g/mol. The molecule has 0 aliphatic rings. The smallest absolute Gasteiger partial charge is 0.335 e. The van der Waals surface area contributed by atoms with Crippen LogP contribution in [0.1, 0.15) is 53.1 Å². The van der Waals surface area contributed by atoms with Crippen LogP contribution in [0.15, 0.2) is 91.1 Å². The molecule has 0 aliphatic heterocycles. The minimum Gasteiger partial charge on any atom is -0.494 e. The van der Waals surface area contributed by atoms with Crippen LogP contribution in [0.3, 0.4) is 0 Å². The van der Waals surface area contributed by atoms with Gasteiger partial charge < -0.3 is 24.5 Å². The third kappa shape index (κ3) is 8.73. The van der Waals surface area contributed by atoms with E-state index in [-0.39, 0.29) is 23.6 Å². The highest BCUT2D eigenvalue weighted by molar-refractivity contribution is 6.36. The number of halogens is 3. The summed E-state index contributed by atoms with van der Waals surface area (Å²) >= 11 is 12.7. The highest BCUT2D eigenvalue weighted by Gasteiger charge is 2.24. The van der Waals surface area contributed by atoms with Crippen molar-refractivity contribution < 1.29 is 28.6 Å². The van der Waals surface area contributed by atoms with E-state index in [0.29, 0.717) is 57.2 Å². The SMILES string of the molecule is CCCCn1cc(-c2ccc(Cl)cc2Cl)nc1[C@H](Cc1ccc(Oc2ccc(C(=O)O)cc2)cc1)NC(=O)Cc1ccc(OC)c(F)c1. The summed E-state index contributed by atoms with van der Waals surface area (Å²) in [5.74, 6) is -0.0372. The zero-order valence-electron chi connectivity index (χ0n) is 26.4. The summed E-state index contributed by atoms with van der Waals surface area (Å²) in [5, 5.41) is 13.3. The Morgan fingerprint density at radius 2 is 1.65 bits per heavy atom. The number of carboxylic acids is 1. The van der Waals surface area contributed by atoms with Crippen molar-refractivity contribution in [2.24, 2.45) is 0 Å². The lowest BCUT2D eigenvalue weighted by molar-refractivity contribution is -0.121. The number of hydrogen-bond acceptors (Lipinski definition) is 5. The zero-order valence-corrected chi connectivity index (χ0v) is 27.9. The Hall–Kier alpha value is -4.86. The Morgan fingerprint density at radius 3 is 2.27 bits per heavy atom. The van der Waals surface area contributed by atoms with Gasteiger partial charge in [0.2, 0.25) is 5.91 Å². The first-order valence-electron chi connectivity index (χ1n) is 15.4. The number of imidazole rings is 1. The lowest BCUT2D eigenvalue weighted by atomic mass is 10.0. The number of carbonyl (C=O) groups excluding carboxylic acids is 1. The number of aromatic nitrogens is 2. The van der Waals surface area contributed by atoms with Crippen molar-refractivity contribution in [1.82, 2.24) is 14.9 Å². The molecule has 5 aromatic rings. The van der Waals surface area contributed by atoms with Crippen LogP contribution in [0.5, 0.6) is 17.2 Å². The van der Waals surface area contributed by atoms with Crippen LogP contribution in [0, 0.1) is 5.82 Å². The summed E-state index contributed by atoms with van der Waals surface area (Å²) in [5.41, 5.74) is 2.94. The molecule has 8 nitrogen and oxygen atoms in total. The Morgan fingerprint density at radius 1 is 0.958 bits per heavy atom. The third-order valence-electron chi connectivity index (χ3n) is 7.69. The topological polar surface area (TPSA) is 103 Å². The molecule has 0 aliphatic carbocycles. The van der Waals surface area contributed by atoms with Gasteiger partial charge in [0.05, 0.1) is 35.9 Å².